The molecule has 2 rings (SSSR count). The fraction of sp³-hybridized carbons (Fsp3) is 0.909. The van der Waals surface area contributed by atoms with Gasteiger partial charge in [0.2, 0.25) is 0 Å². The molecule has 0 aromatic carbocycles. The molecule has 15 heavy (non-hydrogen) atoms. The van der Waals surface area contributed by atoms with Crippen molar-refractivity contribution in [2.75, 3.05) is 32.8 Å². The van der Waals surface area contributed by atoms with E-state index >= 15 is 0 Å². The number of carbonyl (C=O) groups is 1. The number of hydrogen-bond donors (Lipinski definition) is 1. The number of piperidine rings is 1. The van der Waals surface area contributed by atoms with Crippen molar-refractivity contribution >= 4 is 5.97 Å². The van der Waals surface area contributed by atoms with Crippen molar-refractivity contribution in [1.29, 1.82) is 0 Å². The van der Waals surface area contributed by atoms with Crippen molar-refractivity contribution in [3.63, 3.8) is 0 Å². The lowest BCUT2D eigenvalue weighted by molar-refractivity contribution is -0.154. The van der Waals surface area contributed by atoms with E-state index < -0.39 is 0 Å². The van der Waals surface area contributed by atoms with Crippen molar-refractivity contribution in [1.82, 2.24) is 10.2 Å². The molecule has 2 unspecified atom stereocenters. The first-order valence-electron chi connectivity index (χ1n) is 5.86. The maximum absolute atomic E-state index is 11.2. The lowest BCUT2D eigenvalue weighted by Gasteiger charge is -2.36. The molecule has 2 saturated heterocycles. The summed E-state index contributed by atoms with van der Waals surface area (Å²) in [5.41, 5.74) is 0. The fourth-order valence-electron chi connectivity index (χ4n) is 2.34. The summed E-state index contributed by atoms with van der Waals surface area (Å²) in [6, 6.07) is 0.379. The van der Waals surface area contributed by atoms with Crippen LogP contribution >= 0.6 is 0 Å². The van der Waals surface area contributed by atoms with Crippen LogP contribution in [0.3, 0.4) is 0 Å². The minimum atomic E-state index is -0.0723. The van der Waals surface area contributed by atoms with Crippen LogP contribution in [0.4, 0.5) is 0 Å². The second-order valence-electron chi connectivity index (χ2n) is 4.67. The SMILES string of the molecule is CC1COC(=O)CN1CC1CCCNC1. The Morgan fingerprint density at radius 1 is 1.60 bits per heavy atom. The zero-order valence-electron chi connectivity index (χ0n) is 9.37. The fourth-order valence-corrected chi connectivity index (χ4v) is 2.34. The molecule has 0 amide bonds. The van der Waals surface area contributed by atoms with Crippen LogP contribution in [0.1, 0.15) is 19.8 Å². The van der Waals surface area contributed by atoms with E-state index in [-0.39, 0.29) is 5.97 Å². The summed E-state index contributed by atoms with van der Waals surface area (Å²) in [7, 11) is 0. The molecule has 2 heterocycles. The van der Waals surface area contributed by atoms with E-state index in [0.29, 0.717) is 25.1 Å². The number of ether oxygens (including phenoxy) is 1. The highest BCUT2D eigenvalue weighted by atomic mass is 16.5. The second-order valence-corrected chi connectivity index (χ2v) is 4.67. The Morgan fingerprint density at radius 3 is 3.20 bits per heavy atom. The van der Waals surface area contributed by atoms with Crippen LogP contribution in [0.25, 0.3) is 0 Å². The predicted molar refractivity (Wildman–Crippen MR) is 57.6 cm³/mol. The zero-order valence-corrected chi connectivity index (χ0v) is 9.37. The molecule has 0 saturated carbocycles. The standard InChI is InChI=1S/C11H20N2O2/c1-9-8-15-11(14)7-13(9)6-10-3-2-4-12-5-10/h9-10,12H,2-8H2,1H3. The summed E-state index contributed by atoms with van der Waals surface area (Å²) in [6.45, 7) is 6.43. The number of esters is 1. The van der Waals surface area contributed by atoms with E-state index in [2.05, 4.69) is 17.1 Å². The first kappa shape index (κ1) is 10.9. The highest BCUT2D eigenvalue weighted by Gasteiger charge is 2.27. The maximum atomic E-state index is 11.2. The quantitative estimate of drug-likeness (QED) is 0.665. The van der Waals surface area contributed by atoms with E-state index in [9.17, 15) is 4.79 Å². The van der Waals surface area contributed by atoms with Gasteiger partial charge in [-0.3, -0.25) is 9.69 Å². The molecule has 0 aromatic heterocycles. The summed E-state index contributed by atoms with van der Waals surface area (Å²) in [5, 5.41) is 3.41. The van der Waals surface area contributed by atoms with Crippen LogP contribution < -0.4 is 5.32 Å². The van der Waals surface area contributed by atoms with Gasteiger partial charge in [-0.25, -0.2) is 0 Å². The zero-order chi connectivity index (χ0) is 10.7. The highest BCUT2D eigenvalue weighted by Crippen LogP contribution is 2.15. The molecule has 4 nitrogen and oxygen atoms in total. The predicted octanol–water partition coefficient (Wildman–Crippen LogP) is 0.233. The van der Waals surface area contributed by atoms with Gasteiger partial charge >= 0.3 is 5.97 Å². The maximum Gasteiger partial charge on any atom is 0.320 e. The average Bonchev–Trinajstić information content (AvgIpc) is 2.25. The lowest BCUT2D eigenvalue weighted by Crippen LogP contribution is -2.49. The Balaban J connectivity index is 1.83. The van der Waals surface area contributed by atoms with Gasteiger partial charge in [-0.05, 0) is 38.8 Å². The summed E-state index contributed by atoms with van der Waals surface area (Å²) in [6.07, 6.45) is 2.54. The largest absolute Gasteiger partial charge is 0.463 e. The molecule has 0 bridgehead atoms. The molecule has 0 radical (unpaired) electrons. The highest BCUT2D eigenvalue weighted by molar-refractivity contribution is 5.72. The molecular weight excluding hydrogens is 192 g/mol. The molecule has 2 fully saturated rings. The van der Waals surface area contributed by atoms with Gasteiger partial charge in [0.15, 0.2) is 0 Å². The van der Waals surface area contributed by atoms with Gasteiger partial charge < -0.3 is 10.1 Å². The van der Waals surface area contributed by atoms with E-state index in [1.165, 1.54) is 12.8 Å². The monoisotopic (exact) mass is 212 g/mol. The summed E-state index contributed by atoms with van der Waals surface area (Å²) >= 11 is 0. The molecule has 0 aromatic rings. The van der Waals surface area contributed by atoms with E-state index in [4.69, 9.17) is 4.74 Å². The van der Waals surface area contributed by atoms with Crippen LogP contribution in [0, 0.1) is 5.92 Å². The Hall–Kier alpha value is -0.610. The molecule has 2 atom stereocenters. The Labute approximate surface area is 91.0 Å². The molecule has 0 aliphatic carbocycles. The summed E-state index contributed by atoms with van der Waals surface area (Å²) in [5.74, 6) is 0.629. The number of rotatable bonds is 2. The minimum absolute atomic E-state index is 0.0723. The Morgan fingerprint density at radius 2 is 2.47 bits per heavy atom. The topological polar surface area (TPSA) is 41.6 Å². The van der Waals surface area contributed by atoms with Crippen LogP contribution in [0.2, 0.25) is 0 Å². The summed E-state index contributed by atoms with van der Waals surface area (Å²) in [4.78, 5) is 13.4. The third-order valence-corrected chi connectivity index (χ3v) is 3.33. The first-order valence-corrected chi connectivity index (χ1v) is 5.86. The third-order valence-electron chi connectivity index (χ3n) is 3.33. The van der Waals surface area contributed by atoms with Crippen molar-refractivity contribution in [3.05, 3.63) is 0 Å². The van der Waals surface area contributed by atoms with Crippen LogP contribution in [0.15, 0.2) is 0 Å². The number of nitrogens with one attached hydrogen (secondary N) is 1. The average molecular weight is 212 g/mol. The van der Waals surface area contributed by atoms with Gasteiger partial charge in [0.05, 0.1) is 6.54 Å². The van der Waals surface area contributed by atoms with Crippen molar-refractivity contribution in [2.45, 2.75) is 25.8 Å². The number of carbonyl (C=O) groups excluding carboxylic acids is 1. The molecular formula is C11H20N2O2. The molecule has 1 N–H and O–H groups in total. The smallest absolute Gasteiger partial charge is 0.320 e. The van der Waals surface area contributed by atoms with Crippen LogP contribution in [-0.4, -0.2) is 49.7 Å². The number of cyclic esters (lactones) is 1. The van der Waals surface area contributed by atoms with Gasteiger partial charge in [-0.1, -0.05) is 0 Å². The minimum Gasteiger partial charge on any atom is -0.463 e. The van der Waals surface area contributed by atoms with Gasteiger partial charge in [0.1, 0.15) is 6.61 Å². The van der Waals surface area contributed by atoms with Crippen molar-refractivity contribution < 1.29 is 9.53 Å². The number of hydrogen-bond acceptors (Lipinski definition) is 4. The van der Waals surface area contributed by atoms with Gasteiger partial charge in [-0.15, -0.1) is 0 Å². The number of nitrogens with zero attached hydrogens (tertiary/aromatic N) is 1. The van der Waals surface area contributed by atoms with Crippen molar-refractivity contribution in [2.24, 2.45) is 5.92 Å². The third kappa shape index (κ3) is 2.92. The first-order chi connectivity index (χ1) is 7.25. The van der Waals surface area contributed by atoms with E-state index in [1.807, 2.05) is 0 Å². The van der Waals surface area contributed by atoms with Gasteiger partial charge in [0.25, 0.3) is 0 Å². The normalized spacial score (nSPS) is 33.8. The lowest BCUT2D eigenvalue weighted by atomic mass is 9.98. The van der Waals surface area contributed by atoms with E-state index in [1.54, 1.807) is 0 Å². The molecule has 2 aliphatic heterocycles. The molecule has 4 heteroatoms. The Kier molecular flexibility index (Phi) is 3.59. The summed E-state index contributed by atoms with van der Waals surface area (Å²) < 4.78 is 5.01. The van der Waals surface area contributed by atoms with Crippen LogP contribution in [-0.2, 0) is 9.53 Å². The molecule has 86 valence electrons. The van der Waals surface area contributed by atoms with Gasteiger partial charge in [0, 0.05) is 12.6 Å². The molecule has 2 aliphatic rings. The van der Waals surface area contributed by atoms with E-state index in [0.717, 1.165) is 19.6 Å². The second kappa shape index (κ2) is 4.94. The Bertz CT molecular complexity index is 227. The van der Waals surface area contributed by atoms with Crippen LogP contribution in [0.5, 0.6) is 0 Å². The molecule has 0 spiro atoms. The van der Waals surface area contributed by atoms with Crippen molar-refractivity contribution in [3.8, 4) is 0 Å². The number of morpholine rings is 1. The van der Waals surface area contributed by atoms with Gasteiger partial charge in [-0.2, -0.15) is 0 Å².